The number of hydrogen-bond acceptors (Lipinski definition) is 5. The third kappa shape index (κ3) is 3.44. The molecule has 2 rings (SSSR count). The number of aryl methyl sites for hydroxylation is 1. The van der Waals surface area contributed by atoms with Crippen molar-refractivity contribution in [2.45, 2.75) is 39.7 Å². The second-order valence-electron chi connectivity index (χ2n) is 5.69. The minimum absolute atomic E-state index is 0.107. The smallest absolute Gasteiger partial charge is 0.138 e. The Kier molecular flexibility index (Phi) is 3.75. The molecule has 0 amide bonds. The van der Waals surface area contributed by atoms with Gasteiger partial charge in [-0.2, -0.15) is 11.3 Å². The molecule has 0 spiro atoms. The van der Waals surface area contributed by atoms with Crippen molar-refractivity contribution in [1.29, 1.82) is 0 Å². The Morgan fingerprint density at radius 2 is 2.00 bits per heavy atom. The summed E-state index contributed by atoms with van der Waals surface area (Å²) in [6.07, 6.45) is 0. The summed E-state index contributed by atoms with van der Waals surface area (Å²) in [6.45, 7) is 9.11. The third-order valence-corrected chi connectivity index (χ3v) is 3.75. The van der Waals surface area contributed by atoms with Crippen molar-refractivity contribution >= 4 is 23.0 Å². The molecule has 0 atom stereocenters. The maximum atomic E-state index is 5.85. The predicted molar refractivity (Wildman–Crippen MR) is 81.5 cm³/mol. The van der Waals surface area contributed by atoms with Crippen molar-refractivity contribution in [2.75, 3.05) is 11.1 Å². The van der Waals surface area contributed by atoms with Crippen LogP contribution in [-0.2, 0) is 12.0 Å². The number of hydrogen-bond donors (Lipinski definition) is 2. The molecule has 19 heavy (non-hydrogen) atoms. The first-order chi connectivity index (χ1) is 8.86. The molecule has 4 nitrogen and oxygen atoms in total. The van der Waals surface area contributed by atoms with Crippen LogP contribution in [0.1, 0.15) is 37.7 Å². The van der Waals surface area contributed by atoms with Gasteiger partial charge in [-0.05, 0) is 28.8 Å². The molecule has 0 aliphatic heterocycles. The minimum atomic E-state index is -0.107. The first-order valence-electron chi connectivity index (χ1n) is 6.27. The molecule has 2 aromatic heterocycles. The zero-order valence-electron chi connectivity index (χ0n) is 11.8. The summed E-state index contributed by atoms with van der Waals surface area (Å²) >= 11 is 1.71. The number of anilines is 2. The molecule has 0 aliphatic carbocycles. The van der Waals surface area contributed by atoms with Gasteiger partial charge in [0, 0.05) is 18.0 Å². The Hall–Kier alpha value is -1.62. The quantitative estimate of drug-likeness (QED) is 0.902. The summed E-state index contributed by atoms with van der Waals surface area (Å²) in [5, 5.41) is 7.61. The van der Waals surface area contributed by atoms with Crippen molar-refractivity contribution in [2.24, 2.45) is 0 Å². The van der Waals surface area contributed by atoms with E-state index < -0.39 is 0 Å². The van der Waals surface area contributed by atoms with Gasteiger partial charge in [0.25, 0.3) is 0 Å². The fourth-order valence-electron chi connectivity index (χ4n) is 1.65. The highest BCUT2D eigenvalue weighted by Gasteiger charge is 2.18. The van der Waals surface area contributed by atoms with E-state index in [9.17, 15) is 0 Å². The Bertz CT molecular complexity index is 569. The molecular weight excluding hydrogens is 256 g/mol. The molecule has 0 aliphatic rings. The first kappa shape index (κ1) is 13.8. The normalized spacial score (nSPS) is 11.6. The molecule has 0 aromatic carbocycles. The van der Waals surface area contributed by atoms with E-state index in [2.05, 4.69) is 53.7 Å². The van der Waals surface area contributed by atoms with Gasteiger partial charge in [0.15, 0.2) is 0 Å². The molecule has 0 saturated carbocycles. The number of nitrogens with two attached hydrogens (primary N) is 1. The van der Waals surface area contributed by atoms with Gasteiger partial charge >= 0.3 is 0 Å². The number of thiophene rings is 1. The molecule has 0 bridgehead atoms. The van der Waals surface area contributed by atoms with Gasteiger partial charge in [0.05, 0.1) is 0 Å². The minimum Gasteiger partial charge on any atom is -0.384 e. The number of aromatic nitrogens is 2. The zero-order valence-corrected chi connectivity index (χ0v) is 12.6. The standard InChI is InChI=1S/C14H20N4S/c1-9-7-19-8-10(9)6-16-12-5-11(15)17-13(18-12)14(2,3)4/h5,7-8H,6H2,1-4H3,(H3,15,16,17,18). The number of nitrogens with one attached hydrogen (secondary N) is 1. The number of rotatable bonds is 3. The second kappa shape index (κ2) is 5.17. The van der Waals surface area contributed by atoms with Crippen LogP contribution in [0.2, 0.25) is 0 Å². The molecular formula is C14H20N4S. The molecule has 0 fully saturated rings. The zero-order chi connectivity index (χ0) is 14.0. The van der Waals surface area contributed by atoms with Gasteiger partial charge in [-0.15, -0.1) is 0 Å². The van der Waals surface area contributed by atoms with E-state index in [4.69, 9.17) is 5.73 Å². The van der Waals surface area contributed by atoms with E-state index >= 15 is 0 Å². The van der Waals surface area contributed by atoms with E-state index in [0.29, 0.717) is 5.82 Å². The van der Waals surface area contributed by atoms with Crippen molar-refractivity contribution in [3.8, 4) is 0 Å². The summed E-state index contributed by atoms with van der Waals surface area (Å²) in [4.78, 5) is 8.83. The summed E-state index contributed by atoms with van der Waals surface area (Å²) in [6, 6.07) is 1.77. The topological polar surface area (TPSA) is 63.8 Å². The fraction of sp³-hybridized carbons (Fsp3) is 0.429. The maximum absolute atomic E-state index is 5.85. The van der Waals surface area contributed by atoms with Crippen molar-refractivity contribution in [3.05, 3.63) is 33.8 Å². The Labute approximate surface area is 118 Å². The molecule has 0 radical (unpaired) electrons. The van der Waals surface area contributed by atoms with Crippen LogP contribution in [-0.4, -0.2) is 9.97 Å². The lowest BCUT2D eigenvalue weighted by Gasteiger charge is -2.18. The van der Waals surface area contributed by atoms with E-state index in [1.54, 1.807) is 17.4 Å². The highest BCUT2D eigenvalue weighted by Crippen LogP contribution is 2.22. The Morgan fingerprint density at radius 1 is 1.26 bits per heavy atom. The maximum Gasteiger partial charge on any atom is 0.138 e. The van der Waals surface area contributed by atoms with E-state index in [1.165, 1.54) is 11.1 Å². The van der Waals surface area contributed by atoms with Crippen molar-refractivity contribution in [1.82, 2.24) is 9.97 Å². The summed E-state index contributed by atoms with van der Waals surface area (Å²) in [7, 11) is 0. The largest absolute Gasteiger partial charge is 0.384 e. The lowest BCUT2D eigenvalue weighted by atomic mass is 9.96. The van der Waals surface area contributed by atoms with Crippen LogP contribution in [0.25, 0.3) is 0 Å². The van der Waals surface area contributed by atoms with Crippen molar-refractivity contribution < 1.29 is 0 Å². The Morgan fingerprint density at radius 3 is 2.58 bits per heavy atom. The van der Waals surface area contributed by atoms with Crippen LogP contribution < -0.4 is 11.1 Å². The molecule has 2 heterocycles. The van der Waals surface area contributed by atoms with Gasteiger partial charge in [0.1, 0.15) is 17.5 Å². The predicted octanol–water partition coefficient (Wildman–Crippen LogP) is 3.34. The van der Waals surface area contributed by atoms with Crippen LogP contribution >= 0.6 is 11.3 Å². The lowest BCUT2D eigenvalue weighted by Crippen LogP contribution is -2.18. The van der Waals surface area contributed by atoms with Gasteiger partial charge < -0.3 is 11.1 Å². The third-order valence-electron chi connectivity index (χ3n) is 2.84. The fourth-order valence-corrected chi connectivity index (χ4v) is 2.50. The number of nitrogen functional groups attached to an aromatic ring is 1. The van der Waals surface area contributed by atoms with Crippen LogP contribution in [0, 0.1) is 6.92 Å². The van der Waals surface area contributed by atoms with E-state index in [1.807, 2.05) is 0 Å². The van der Waals surface area contributed by atoms with Crippen LogP contribution in [0.15, 0.2) is 16.8 Å². The van der Waals surface area contributed by atoms with Crippen molar-refractivity contribution in [3.63, 3.8) is 0 Å². The summed E-state index contributed by atoms with van der Waals surface area (Å²) in [5.41, 5.74) is 8.33. The van der Waals surface area contributed by atoms with Gasteiger partial charge in [-0.25, -0.2) is 9.97 Å². The average Bonchev–Trinajstić information content (AvgIpc) is 2.70. The first-order valence-corrected chi connectivity index (χ1v) is 7.21. The van der Waals surface area contributed by atoms with E-state index in [0.717, 1.165) is 18.2 Å². The summed E-state index contributed by atoms with van der Waals surface area (Å²) in [5.74, 6) is 2.05. The molecule has 102 valence electrons. The highest BCUT2D eigenvalue weighted by molar-refractivity contribution is 7.08. The van der Waals surface area contributed by atoms with Crippen LogP contribution in [0.4, 0.5) is 11.6 Å². The van der Waals surface area contributed by atoms with Crippen LogP contribution in [0.5, 0.6) is 0 Å². The number of nitrogens with zero attached hydrogens (tertiary/aromatic N) is 2. The van der Waals surface area contributed by atoms with Crippen LogP contribution in [0.3, 0.4) is 0 Å². The summed E-state index contributed by atoms with van der Waals surface area (Å²) < 4.78 is 0. The monoisotopic (exact) mass is 276 g/mol. The van der Waals surface area contributed by atoms with Gasteiger partial charge in [-0.1, -0.05) is 20.8 Å². The Balaban J connectivity index is 2.17. The highest BCUT2D eigenvalue weighted by atomic mass is 32.1. The second-order valence-corrected chi connectivity index (χ2v) is 6.43. The molecule has 5 heteroatoms. The van der Waals surface area contributed by atoms with Gasteiger partial charge in [-0.3, -0.25) is 0 Å². The molecule has 3 N–H and O–H groups in total. The molecule has 2 aromatic rings. The van der Waals surface area contributed by atoms with E-state index in [-0.39, 0.29) is 5.41 Å². The SMILES string of the molecule is Cc1cscc1CNc1cc(N)nc(C(C)(C)C)n1. The molecule has 0 saturated heterocycles. The average molecular weight is 276 g/mol. The lowest BCUT2D eigenvalue weighted by molar-refractivity contribution is 0.547. The molecule has 0 unspecified atom stereocenters. The van der Waals surface area contributed by atoms with Gasteiger partial charge in [0.2, 0.25) is 0 Å².